The van der Waals surface area contributed by atoms with Crippen LogP contribution in [0.1, 0.15) is 35.2 Å². The maximum atomic E-state index is 12.2. The van der Waals surface area contributed by atoms with E-state index in [4.69, 9.17) is 9.47 Å². The third-order valence-corrected chi connectivity index (χ3v) is 3.65. The number of carbonyl (C=O) groups excluding carboxylic acids is 1. The fourth-order valence-electron chi connectivity index (χ4n) is 2.63. The predicted molar refractivity (Wildman–Crippen MR) is 63.5 cm³/mol. The van der Waals surface area contributed by atoms with Crippen molar-refractivity contribution < 1.29 is 14.3 Å². The monoisotopic (exact) mass is 232 g/mol. The van der Waals surface area contributed by atoms with Gasteiger partial charge in [-0.05, 0) is 19.1 Å². The fraction of sp³-hybridized carbons (Fsp3) is 0.500. The molecule has 0 unspecified atom stereocenters. The molecule has 0 radical (unpaired) electrons. The van der Waals surface area contributed by atoms with E-state index in [0.717, 1.165) is 29.7 Å². The lowest BCUT2D eigenvalue weighted by atomic mass is 9.84. The lowest BCUT2D eigenvalue weighted by Crippen LogP contribution is -2.46. The van der Waals surface area contributed by atoms with Gasteiger partial charge in [-0.25, -0.2) is 0 Å². The summed E-state index contributed by atoms with van der Waals surface area (Å²) in [6, 6.07) is 5.83. The minimum atomic E-state index is -0.308. The standard InChI is InChI=1S/C14H16O3/c1-10-2-3-13-11(8-10)12(15)9-14(17-13)4-6-16-7-5-14/h2-3,8H,4-7,9H2,1H3. The molecule has 0 aliphatic carbocycles. The molecular formula is C14H16O3. The van der Waals surface area contributed by atoms with Crippen LogP contribution in [0.25, 0.3) is 0 Å². The number of rotatable bonds is 0. The molecule has 3 nitrogen and oxygen atoms in total. The van der Waals surface area contributed by atoms with Crippen LogP contribution in [-0.4, -0.2) is 24.6 Å². The Morgan fingerprint density at radius 1 is 1.24 bits per heavy atom. The van der Waals surface area contributed by atoms with E-state index in [1.807, 2.05) is 25.1 Å². The number of hydrogen-bond donors (Lipinski definition) is 0. The van der Waals surface area contributed by atoms with Crippen molar-refractivity contribution in [2.24, 2.45) is 0 Å². The number of Topliss-reactive ketones (excluding diaryl/α,β-unsaturated/α-hetero) is 1. The average molecular weight is 232 g/mol. The van der Waals surface area contributed by atoms with Crippen LogP contribution < -0.4 is 4.74 Å². The molecule has 90 valence electrons. The van der Waals surface area contributed by atoms with Crippen molar-refractivity contribution >= 4 is 5.78 Å². The van der Waals surface area contributed by atoms with Crippen LogP contribution in [0.15, 0.2) is 18.2 Å². The van der Waals surface area contributed by atoms with E-state index < -0.39 is 0 Å². The first kappa shape index (κ1) is 10.8. The molecule has 0 N–H and O–H groups in total. The van der Waals surface area contributed by atoms with Gasteiger partial charge in [-0.1, -0.05) is 11.6 Å². The van der Waals surface area contributed by atoms with Gasteiger partial charge in [0.2, 0.25) is 0 Å². The first-order valence-corrected chi connectivity index (χ1v) is 6.09. The van der Waals surface area contributed by atoms with Gasteiger partial charge in [0.25, 0.3) is 0 Å². The van der Waals surface area contributed by atoms with Gasteiger partial charge >= 0.3 is 0 Å². The van der Waals surface area contributed by atoms with Crippen molar-refractivity contribution in [1.82, 2.24) is 0 Å². The van der Waals surface area contributed by atoms with E-state index >= 15 is 0 Å². The van der Waals surface area contributed by atoms with Gasteiger partial charge in [0.05, 0.1) is 25.2 Å². The summed E-state index contributed by atoms with van der Waals surface area (Å²) in [6.07, 6.45) is 2.12. The summed E-state index contributed by atoms with van der Waals surface area (Å²) in [7, 11) is 0. The number of carbonyl (C=O) groups is 1. The number of fused-ring (bicyclic) bond motifs is 1. The lowest BCUT2D eigenvalue weighted by molar-refractivity contribution is -0.0504. The Bertz CT molecular complexity index is 459. The van der Waals surface area contributed by atoms with Crippen molar-refractivity contribution in [3.8, 4) is 5.75 Å². The molecule has 1 aromatic carbocycles. The van der Waals surface area contributed by atoms with Gasteiger partial charge in [0.1, 0.15) is 11.4 Å². The van der Waals surface area contributed by atoms with Crippen LogP contribution in [0.5, 0.6) is 5.75 Å². The Morgan fingerprint density at radius 3 is 2.76 bits per heavy atom. The number of hydrogen-bond acceptors (Lipinski definition) is 3. The third kappa shape index (κ3) is 1.84. The molecule has 2 aliphatic rings. The van der Waals surface area contributed by atoms with Crippen molar-refractivity contribution in [1.29, 1.82) is 0 Å². The first-order valence-electron chi connectivity index (χ1n) is 6.09. The molecule has 1 aromatic rings. The lowest BCUT2D eigenvalue weighted by Gasteiger charge is -2.40. The molecule has 0 saturated carbocycles. The molecule has 17 heavy (non-hydrogen) atoms. The highest BCUT2D eigenvalue weighted by Crippen LogP contribution is 2.39. The SMILES string of the molecule is Cc1ccc2c(c1)C(=O)CC1(CCOCC1)O2. The maximum Gasteiger partial charge on any atom is 0.170 e. The second-order valence-electron chi connectivity index (χ2n) is 5.00. The van der Waals surface area contributed by atoms with Gasteiger partial charge in [0, 0.05) is 12.8 Å². The quantitative estimate of drug-likeness (QED) is 0.689. The highest BCUT2D eigenvalue weighted by molar-refractivity contribution is 6.00. The minimum Gasteiger partial charge on any atom is -0.486 e. The van der Waals surface area contributed by atoms with Crippen molar-refractivity contribution in [2.75, 3.05) is 13.2 Å². The van der Waals surface area contributed by atoms with Gasteiger partial charge < -0.3 is 9.47 Å². The Balaban J connectivity index is 1.97. The second-order valence-corrected chi connectivity index (χ2v) is 5.00. The fourth-order valence-corrected chi connectivity index (χ4v) is 2.63. The Kier molecular flexibility index (Phi) is 2.44. The Labute approximate surface area is 101 Å². The molecule has 0 aromatic heterocycles. The summed E-state index contributed by atoms with van der Waals surface area (Å²) >= 11 is 0. The normalized spacial score (nSPS) is 22.1. The van der Waals surface area contributed by atoms with Gasteiger partial charge in [-0.2, -0.15) is 0 Å². The summed E-state index contributed by atoms with van der Waals surface area (Å²) in [5.41, 5.74) is 1.53. The molecule has 1 spiro atoms. The van der Waals surface area contributed by atoms with Gasteiger partial charge in [-0.15, -0.1) is 0 Å². The van der Waals surface area contributed by atoms with Crippen LogP contribution >= 0.6 is 0 Å². The molecule has 1 saturated heterocycles. The zero-order valence-corrected chi connectivity index (χ0v) is 9.99. The number of aryl methyl sites for hydroxylation is 1. The van der Waals surface area contributed by atoms with Crippen molar-refractivity contribution in [3.63, 3.8) is 0 Å². The smallest absolute Gasteiger partial charge is 0.170 e. The average Bonchev–Trinajstić information content (AvgIpc) is 2.31. The van der Waals surface area contributed by atoms with Crippen LogP contribution in [0, 0.1) is 6.92 Å². The maximum absolute atomic E-state index is 12.2. The van der Waals surface area contributed by atoms with E-state index in [0.29, 0.717) is 19.6 Å². The summed E-state index contributed by atoms with van der Waals surface area (Å²) in [5.74, 6) is 0.950. The second kappa shape index (κ2) is 3.84. The molecule has 0 amide bonds. The van der Waals surface area contributed by atoms with Gasteiger partial charge in [-0.3, -0.25) is 4.79 Å². The zero-order valence-electron chi connectivity index (χ0n) is 9.99. The third-order valence-electron chi connectivity index (χ3n) is 3.65. The van der Waals surface area contributed by atoms with Crippen molar-refractivity contribution in [2.45, 2.75) is 31.8 Å². The van der Waals surface area contributed by atoms with Crippen molar-refractivity contribution in [3.05, 3.63) is 29.3 Å². The summed E-state index contributed by atoms with van der Waals surface area (Å²) < 4.78 is 11.4. The number of benzene rings is 1. The van der Waals surface area contributed by atoms with E-state index in [1.165, 1.54) is 0 Å². The minimum absolute atomic E-state index is 0.205. The summed E-state index contributed by atoms with van der Waals surface area (Å²) in [5, 5.41) is 0. The summed E-state index contributed by atoms with van der Waals surface area (Å²) in [4.78, 5) is 12.2. The molecule has 2 aliphatic heterocycles. The van der Waals surface area contributed by atoms with E-state index in [-0.39, 0.29) is 11.4 Å². The first-order chi connectivity index (χ1) is 8.19. The van der Waals surface area contributed by atoms with Crippen LogP contribution in [0.2, 0.25) is 0 Å². The molecular weight excluding hydrogens is 216 g/mol. The van der Waals surface area contributed by atoms with E-state index in [9.17, 15) is 4.79 Å². The Hall–Kier alpha value is -1.35. The molecule has 1 fully saturated rings. The van der Waals surface area contributed by atoms with E-state index in [2.05, 4.69) is 0 Å². The predicted octanol–water partition coefficient (Wildman–Crippen LogP) is 2.51. The molecule has 0 bridgehead atoms. The zero-order chi connectivity index (χ0) is 11.9. The van der Waals surface area contributed by atoms with Crippen LogP contribution in [0.3, 0.4) is 0 Å². The van der Waals surface area contributed by atoms with Crippen LogP contribution in [0.4, 0.5) is 0 Å². The molecule has 2 heterocycles. The number of ether oxygens (including phenoxy) is 2. The highest BCUT2D eigenvalue weighted by Gasteiger charge is 2.41. The van der Waals surface area contributed by atoms with Gasteiger partial charge in [0.15, 0.2) is 5.78 Å². The molecule has 0 atom stereocenters. The molecule has 3 rings (SSSR count). The summed E-state index contributed by atoms with van der Waals surface area (Å²) in [6.45, 7) is 3.37. The largest absolute Gasteiger partial charge is 0.486 e. The topological polar surface area (TPSA) is 35.5 Å². The van der Waals surface area contributed by atoms with Crippen LogP contribution in [-0.2, 0) is 4.74 Å². The Morgan fingerprint density at radius 2 is 2.00 bits per heavy atom. The highest BCUT2D eigenvalue weighted by atomic mass is 16.5. The number of ketones is 1. The molecule has 3 heteroatoms. The van der Waals surface area contributed by atoms with E-state index in [1.54, 1.807) is 0 Å².